The van der Waals surface area contributed by atoms with Crippen LogP contribution in [-0.2, 0) is 40.8 Å². The first-order chi connectivity index (χ1) is 21.8. The molecule has 1 aliphatic heterocycles. The van der Waals surface area contributed by atoms with Crippen LogP contribution in [0.1, 0.15) is 19.5 Å². The zero-order valence-electron chi connectivity index (χ0n) is 23.9. The number of carboxylic acids is 1. The first-order valence-corrected chi connectivity index (χ1v) is 14.9. The van der Waals surface area contributed by atoms with Gasteiger partial charge in [-0.15, -0.1) is 16.4 Å². The van der Waals surface area contributed by atoms with Gasteiger partial charge in [0.15, 0.2) is 22.4 Å². The molecular formula is C22H23N11O12S2. The molecule has 0 aliphatic carbocycles. The second-order valence-electron chi connectivity index (χ2n) is 9.90. The lowest BCUT2D eigenvalue weighted by molar-refractivity contribution is -0.161. The molecule has 1 fully saturated rings. The Morgan fingerprint density at radius 3 is 2.49 bits per heavy atom. The molecule has 3 aromatic rings. The highest BCUT2D eigenvalue weighted by Gasteiger charge is 2.44. The van der Waals surface area contributed by atoms with Crippen LogP contribution in [0.25, 0.3) is 11.5 Å². The number of carbonyl (C=O) groups is 5. The summed E-state index contributed by atoms with van der Waals surface area (Å²) in [5.41, 5.74) is 5.38. The average molecular weight is 698 g/mol. The minimum atomic E-state index is -5.22. The molecule has 1 atom stereocenters. The molecule has 4 heterocycles. The Balaban J connectivity index is 1.51. The van der Waals surface area contributed by atoms with Crippen LogP contribution >= 0.6 is 11.3 Å². The number of aromatic hydroxyl groups is 1. The molecule has 0 aromatic carbocycles. The Morgan fingerprint density at radius 1 is 1.26 bits per heavy atom. The third kappa shape index (κ3) is 6.93. The first kappa shape index (κ1) is 33.8. The van der Waals surface area contributed by atoms with Crippen molar-refractivity contribution in [1.82, 2.24) is 38.7 Å². The molecule has 4 rings (SSSR count). The lowest BCUT2D eigenvalue weighted by Gasteiger charge is -2.36. The Hall–Kier alpha value is -6.11. The van der Waals surface area contributed by atoms with E-state index in [0.29, 0.717) is 9.47 Å². The van der Waals surface area contributed by atoms with Crippen LogP contribution in [0.3, 0.4) is 0 Å². The van der Waals surface area contributed by atoms with Crippen LogP contribution < -0.4 is 32.6 Å². The van der Waals surface area contributed by atoms with Crippen molar-refractivity contribution >= 4 is 62.1 Å². The standard InChI is InChI=1S/C22H23N11O12S2/c1-22(2,18(39)40)45-29-14(10-7-46-19(24)27-10)16(37)26-9-5-32(17(9)38)20(41)30-47(43,44)33-21(42)31(6-13(23)36)15(28-33)8-3-11(34)12(35)4-25-8/h3-4,7,9,35H,5-6H2,1-2H3,(H2,23,36)(H2,24,27)(H,25,34)(H,26,37)(H,30,41)(H,39,40)/t9-/m0/s1. The van der Waals surface area contributed by atoms with Crippen LogP contribution in [0.5, 0.6) is 5.75 Å². The van der Waals surface area contributed by atoms with Gasteiger partial charge in [0, 0.05) is 17.6 Å². The number of carboxylic acid groups (broad SMARTS) is 1. The van der Waals surface area contributed by atoms with Gasteiger partial charge < -0.3 is 36.8 Å². The Labute approximate surface area is 264 Å². The van der Waals surface area contributed by atoms with E-state index in [-0.39, 0.29) is 20.6 Å². The van der Waals surface area contributed by atoms with E-state index in [4.69, 9.17) is 16.3 Å². The van der Waals surface area contributed by atoms with Gasteiger partial charge in [0.1, 0.15) is 18.3 Å². The number of oxime groups is 1. The molecule has 3 aromatic heterocycles. The van der Waals surface area contributed by atoms with Crippen molar-refractivity contribution in [3.63, 3.8) is 0 Å². The Morgan fingerprint density at radius 2 is 1.94 bits per heavy atom. The van der Waals surface area contributed by atoms with Gasteiger partial charge in [0.2, 0.25) is 16.9 Å². The molecule has 0 saturated carbocycles. The minimum Gasteiger partial charge on any atom is -0.503 e. The fraction of sp³-hybridized carbons (Fsp3) is 0.273. The number of aromatic nitrogens is 5. The number of aromatic amines is 1. The quantitative estimate of drug-likeness (QED) is 0.0571. The number of carbonyl (C=O) groups excluding carboxylic acids is 4. The number of amides is 5. The number of nitrogens with two attached hydrogens (primary N) is 2. The summed E-state index contributed by atoms with van der Waals surface area (Å²) in [5, 5.41) is 29.4. The van der Waals surface area contributed by atoms with Crippen molar-refractivity contribution in [2.45, 2.75) is 32.0 Å². The van der Waals surface area contributed by atoms with Crippen molar-refractivity contribution in [2.24, 2.45) is 10.9 Å². The van der Waals surface area contributed by atoms with Gasteiger partial charge in [-0.25, -0.2) is 24.1 Å². The Bertz CT molecular complexity index is 2080. The van der Waals surface area contributed by atoms with Gasteiger partial charge >= 0.3 is 27.9 Å². The van der Waals surface area contributed by atoms with Gasteiger partial charge in [-0.05, 0) is 13.8 Å². The molecule has 9 N–H and O–H groups in total. The molecule has 25 heteroatoms. The van der Waals surface area contributed by atoms with E-state index in [2.05, 4.69) is 25.5 Å². The van der Waals surface area contributed by atoms with E-state index in [0.717, 1.165) is 37.4 Å². The summed E-state index contributed by atoms with van der Waals surface area (Å²) in [6.45, 7) is 0.805. The SMILES string of the molecule is CC(C)(ON=C(C(=O)N[C@H]1CN(C(=O)NS(=O)(=O)n2nc(-c3cc(=O)c(O)c[nH]3)n(CC(N)=O)c2=O)C1=O)c1csc(N)n1)C(=O)O. The fourth-order valence-electron chi connectivity index (χ4n) is 3.58. The number of hydrogen-bond acceptors (Lipinski definition) is 16. The van der Waals surface area contributed by atoms with Crippen molar-refractivity contribution in [3.8, 4) is 17.3 Å². The average Bonchev–Trinajstić information content (AvgIpc) is 3.54. The van der Waals surface area contributed by atoms with Crippen molar-refractivity contribution in [3.05, 3.63) is 44.0 Å². The van der Waals surface area contributed by atoms with E-state index >= 15 is 0 Å². The largest absolute Gasteiger partial charge is 0.503 e. The molecule has 0 unspecified atom stereocenters. The number of rotatable bonds is 11. The van der Waals surface area contributed by atoms with Gasteiger partial charge in [-0.1, -0.05) is 9.24 Å². The number of anilines is 1. The van der Waals surface area contributed by atoms with Crippen molar-refractivity contribution in [2.75, 3.05) is 12.3 Å². The van der Waals surface area contributed by atoms with E-state index < -0.39 is 93.1 Å². The number of thiazole rings is 1. The van der Waals surface area contributed by atoms with Gasteiger partial charge in [0.05, 0.1) is 12.2 Å². The number of nitrogens with one attached hydrogen (secondary N) is 3. The van der Waals surface area contributed by atoms with Crippen LogP contribution in [0.2, 0.25) is 0 Å². The smallest absolute Gasteiger partial charge is 0.362 e. The van der Waals surface area contributed by atoms with E-state index in [1.165, 1.54) is 10.1 Å². The number of aliphatic carboxylic acids is 1. The van der Waals surface area contributed by atoms with Crippen LogP contribution in [0, 0.1) is 0 Å². The normalized spacial score (nSPS) is 15.1. The maximum atomic E-state index is 13.0. The van der Waals surface area contributed by atoms with Gasteiger partial charge in [-0.2, -0.15) is 8.42 Å². The summed E-state index contributed by atoms with van der Waals surface area (Å²) in [7, 11) is -5.22. The molecule has 0 bridgehead atoms. The molecule has 0 radical (unpaired) electrons. The molecule has 47 heavy (non-hydrogen) atoms. The maximum Gasteiger partial charge on any atom is 0.362 e. The summed E-state index contributed by atoms with van der Waals surface area (Å²) in [4.78, 5) is 97.6. The third-order valence-electron chi connectivity index (χ3n) is 6.07. The molecular weight excluding hydrogens is 674 g/mol. The molecule has 1 aliphatic rings. The topological polar surface area (TPSA) is 346 Å². The van der Waals surface area contributed by atoms with E-state index in [1.807, 2.05) is 0 Å². The molecule has 23 nitrogen and oxygen atoms in total. The van der Waals surface area contributed by atoms with Crippen LogP contribution in [0.15, 0.2) is 32.4 Å². The molecule has 250 valence electrons. The lowest BCUT2D eigenvalue weighted by Crippen LogP contribution is -2.68. The lowest BCUT2D eigenvalue weighted by atomic mass is 10.1. The van der Waals surface area contributed by atoms with Gasteiger partial charge in [-0.3, -0.25) is 28.6 Å². The predicted octanol–water partition coefficient (Wildman–Crippen LogP) is -3.96. The number of pyridine rings is 1. The number of likely N-dealkylation sites (tertiary alicyclic amines) is 1. The zero-order valence-corrected chi connectivity index (χ0v) is 25.5. The second-order valence-corrected chi connectivity index (χ2v) is 12.3. The number of H-pyrrole nitrogens is 1. The number of hydrogen-bond donors (Lipinski definition) is 7. The Kier molecular flexibility index (Phi) is 8.88. The number of urea groups is 1. The maximum absolute atomic E-state index is 13.0. The number of nitrogens with zero attached hydrogens (tertiary/aromatic N) is 6. The molecule has 5 amide bonds. The highest BCUT2D eigenvalue weighted by Crippen LogP contribution is 2.17. The zero-order chi connectivity index (χ0) is 35.0. The summed E-state index contributed by atoms with van der Waals surface area (Å²) in [6.07, 6.45) is 0.807. The number of nitrogen functional groups attached to an aromatic ring is 1. The van der Waals surface area contributed by atoms with Crippen LogP contribution in [-0.4, -0.2) is 101 Å². The number of β-lactam (4-membered cyclic amide) rings is 1. The molecule has 1 saturated heterocycles. The van der Waals surface area contributed by atoms with E-state index in [9.17, 15) is 52.2 Å². The van der Waals surface area contributed by atoms with Crippen LogP contribution in [0.4, 0.5) is 9.93 Å². The predicted molar refractivity (Wildman–Crippen MR) is 156 cm³/mol. The summed E-state index contributed by atoms with van der Waals surface area (Å²) in [5.74, 6) is -6.05. The molecule has 0 spiro atoms. The monoisotopic (exact) mass is 697 g/mol. The summed E-state index contributed by atoms with van der Waals surface area (Å²) >= 11 is 0.912. The second kappa shape index (κ2) is 12.4. The van der Waals surface area contributed by atoms with Crippen molar-refractivity contribution < 1.29 is 47.4 Å². The first-order valence-electron chi connectivity index (χ1n) is 12.6. The summed E-state index contributed by atoms with van der Waals surface area (Å²) < 4.78 is 27.6. The highest BCUT2D eigenvalue weighted by molar-refractivity contribution is 7.88. The van der Waals surface area contributed by atoms with E-state index in [1.54, 1.807) is 0 Å². The third-order valence-corrected chi connectivity index (χ3v) is 7.87. The summed E-state index contributed by atoms with van der Waals surface area (Å²) in [6, 6.07) is -2.22. The fourth-order valence-corrected chi connectivity index (χ4v) is 5.03. The number of primary amides is 1. The van der Waals surface area contributed by atoms with Gasteiger partial charge in [0.25, 0.3) is 11.8 Å². The number of imide groups is 1. The highest BCUT2D eigenvalue weighted by atomic mass is 32.2. The van der Waals surface area contributed by atoms with Crippen molar-refractivity contribution in [1.29, 1.82) is 0 Å². The minimum absolute atomic E-state index is 0.0174.